The van der Waals surface area contributed by atoms with Gasteiger partial charge in [-0.25, -0.2) is 0 Å². The Morgan fingerprint density at radius 3 is 2.55 bits per heavy atom. The highest BCUT2D eigenvalue weighted by Crippen LogP contribution is 2.29. The van der Waals surface area contributed by atoms with Crippen molar-refractivity contribution in [3.63, 3.8) is 0 Å². The molecule has 2 N–H and O–H groups in total. The average Bonchev–Trinajstić information content (AvgIpc) is 3.03. The number of thiophene rings is 1. The van der Waals surface area contributed by atoms with Crippen LogP contribution in [0.1, 0.15) is 22.2 Å². The van der Waals surface area contributed by atoms with Gasteiger partial charge in [-0.05, 0) is 29.6 Å². The smallest absolute Gasteiger partial charge is 0.308 e. The zero-order valence-corrected chi connectivity index (χ0v) is 12.8. The van der Waals surface area contributed by atoms with E-state index in [1.54, 1.807) is 29.6 Å². The average molecular weight is 318 g/mol. The van der Waals surface area contributed by atoms with Gasteiger partial charge in [-0.2, -0.15) is 5.10 Å². The third-order valence-corrected chi connectivity index (χ3v) is 3.65. The Kier molecular flexibility index (Phi) is 4.90. The molecule has 0 spiro atoms. The molecule has 0 fully saturated rings. The minimum absolute atomic E-state index is 0.107. The number of hydrogen-bond acceptors (Lipinski definition) is 7. The standard InChI is InChI=1S/C15H14N2O4S/c1-9(18)21-11-6-5-10(8-12(11)20-2)14(17-16)15(19)13-4-3-7-22-13/h3-8H,16H2,1-2H3/b17-14+. The molecule has 0 saturated heterocycles. The second kappa shape index (κ2) is 6.86. The molecule has 114 valence electrons. The molecule has 0 amide bonds. The molecule has 1 aromatic carbocycles. The van der Waals surface area contributed by atoms with Crippen LogP contribution in [0.15, 0.2) is 40.8 Å². The van der Waals surface area contributed by atoms with Crippen LogP contribution in [-0.2, 0) is 4.79 Å². The van der Waals surface area contributed by atoms with E-state index in [0.717, 1.165) is 0 Å². The van der Waals surface area contributed by atoms with Crippen LogP contribution in [0.2, 0.25) is 0 Å². The van der Waals surface area contributed by atoms with E-state index in [4.69, 9.17) is 15.3 Å². The number of ketones is 1. The van der Waals surface area contributed by atoms with Crippen molar-refractivity contribution in [1.82, 2.24) is 0 Å². The van der Waals surface area contributed by atoms with Crippen molar-refractivity contribution in [2.24, 2.45) is 10.9 Å². The Morgan fingerprint density at radius 2 is 2.00 bits per heavy atom. The van der Waals surface area contributed by atoms with Crippen molar-refractivity contribution in [3.05, 3.63) is 46.2 Å². The second-order valence-corrected chi connectivity index (χ2v) is 5.19. The number of nitrogens with zero attached hydrogens (tertiary/aromatic N) is 1. The van der Waals surface area contributed by atoms with Gasteiger partial charge in [0, 0.05) is 12.5 Å². The molecule has 1 heterocycles. The van der Waals surface area contributed by atoms with Crippen LogP contribution in [0, 0.1) is 0 Å². The molecule has 0 radical (unpaired) electrons. The SMILES string of the molecule is COc1cc(/C(=N\N)C(=O)c2cccs2)ccc1OC(C)=O. The topological polar surface area (TPSA) is 91.0 Å². The van der Waals surface area contributed by atoms with Gasteiger partial charge in [0.1, 0.15) is 5.71 Å². The number of rotatable bonds is 5. The summed E-state index contributed by atoms with van der Waals surface area (Å²) in [5.74, 6) is 5.20. The minimum atomic E-state index is -0.464. The molecular formula is C15H14N2O4S. The molecular weight excluding hydrogens is 304 g/mol. The van der Waals surface area contributed by atoms with Crippen molar-refractivity contribution in [2.75, 3.05) is 7.11 Å². The van der Waals surface area contributed by atoms with E-state index in [0.29, 0.717) is 16.2 Å². The lowest BCUT2D eigenvalue weighted by molar-refractivity contribution is -0.132. The molecule has 7 heteroatoms. The van der Waals surface area contributed by atoms with E-state index in [-0.39, 0.29) is 17.2 Å². The zero-order valence-electron chi connectivity index (χ0n) is 12.0. The number of nitrogens with two attached hydrogens (primary N) is 1. The van der Waals surface area contributed by atoms with E-state index < -0.39 is 5.97 Å². The van der Waals surface area contributed by atoms with Gasteiger partial charge in [0.15, 0.2) is 11.5 Å². The van der Waals surface area contributed by atoms with Crippen molar-refractivity contribution < 1.29 is 19.1 Å². The van der Waals surface area contributed by atoms with Gasteiger partial charge in [0.05, 0.1) is 12.0 Å². The molecule has 22 heavy (non-hydrogen) atoms. The van der Waals surface area contributed by atoms with Gasteiger partial charge in [-0.3, -0.25) is 9.59 Å². The first kappa shape index (κ1) is 15.7. The van der Waals surface area contributed by atoms with Crippen LogP contribution in [0.25, 0.3) is 0 Å². The molecule has 0 atom stereocenters. The molecule has 2 rings (SSSR count). The summed E-state index contributed by atoms with van der Waals surface area (Å²) in [6, 6.07) is 8.15. The maximum absolute atomic E-state index is 12.4. The molecule has 0 aliphatic heterocycles. The lowest BCUT2D eigenvalue weighted by Crippen LogP contribution is -2.17. The zero-order chi connectivity index (χ0) is 16.1. The normalized spacial score (nSPS) is 11.1. The molecule has 0 aliphatic rings. The van der Waals surface area contributed by atoms with Crippen LogP contribution in [0.3, 0.4) is 0 Å². The van der Waals surface area contributed by atoms with Crippen molar-refractivity contribution >= 4 is 28.8 Å². The summed E-state index contributed by atoms with van der Waals surface area (Å²) in [4.78, 5) is 24.0. The Labute approximate surface area is 131 Å². The Morgan fingerprint density at radius 1 is 1.23 bits per heavy atom. The quantitative estimate of drug-likeness (QED) is 0.228. The van der Waals surface area contributed by atoms with Crippen molar-refractivity contribution in [1.29, 1.82) is 0 Å². The van der Waals surface area contributed by atoms with E-state index >= 15 is 0 Å². The lowest BCUT2D eigenvalue weighted by Gasteiger charge is -2.10. The molecule has 0 bridgehead atoms. The summed E-state index contributed by atoms with van der Waals surface area (Å²) in [6.07, 6.45) is 0. The summed E-state index contributed by atoms with van der Waals surface area (Å²) in [6.45, 7) is 1.29. The predicted molar refractivity (Wildman–Crippen MR) is 83.7 cm³/mol. The first-order chi connectivity index (χ1) is 10.6. The molecule has 0 unspecified atom stereocenters. The van der Waals surface area contributed by atoms with Crippen LogP contribution < -0.4 is 15.3 Å². The number of ether oxygens (including phenoxy) is 2. The maximum atomic E-state index is 12.4. The fourth-order valence-electron chi connectivity index (χ4n) is 1.84. The number of methoxy groups -OCH3 is 1. The third kappa shape index (κ3) is 3.32. The fraction of sp³-hybridized carbons (Fsp3) is 0.133. The highest BCUT2D eigenvalue weighted by atomic mass is 32.1. The van der Waals surface area contributed by atoms with Crippen LogP contribution in [0.5, 0.6) is 11.5 Å². The van der Waals surface area contributed by atoms with E-state index in [1.807, 2.05) is 0 Å². The number of esters is 1. The highest BCUT2D eigenvalue weighted by molar-refractivity contribution is 7.13. The molecule has 0 saturated carbocycles. The molecule has 2 aromatic rings. The van der Waals surface area contributed by atoms with Gasteiger partial charge in [0.25, 0.3) is 0 Å². The van der Waals surface area contributed by atoms with Gasteiger partial charge in [-0.15, -0.1) is 11.3 Å². The Bertz CT molecular complexity index is 723. The highest BCUT2D eigenvalue weighted by Gasteiger charge is 2.19. The van der Waals surface area contributed by atoms with Gasteiger partial charge in [-0.1, -0.05) is 6.07 Å². The van der Waals surface area contributed by atoms with Gasteiger partial charge < -0.3 is 15.3 Å². The largest absolute Gasteiger partial charge is 0.493 e. The fourth-order valence-corrected chi connectivity index (χ4v) is 2.51. The maximum Gasteiger partial charge on any atom is 0.308 e. The minimum Gasteiger partial charge on any atom is -0.493 e. The molecule has 1 aromatic heterocycles. The first-order valence-electron chi connectivity index (χ1n) is 6.29. The molecule has 0 aliphatic carbocycles. The second-order valence-electron chi connectivity index (χ2n) is 4.24. The monoisotopic (exact) mass is 318 g/mol. The summed E-state index contributed by atoms with van der Waals surface area (Å²) < 4.78 is 10.2. The molecule has 6 nitrogen and oxygen atoms in total. The third-order valence-electron chi connectivity index (χ3n) is 2.78. The lowest BCUT2D eigenvalue weighted by atomic mass is 10.0. The van der Waals surface area contributed by atoms with Crippen molar-refractivity contribution in [3.8, 4) is 11.5 Å². The summed E-state index contributed by atoms with van der Waals surface area (Å²) in [5, 5.41) is 5.39. The number of benzene rings is 1. The van der Waals surface area contributed by atoms with Crippen molar-refractivity contribution in [2.45, 2.75) is 6.92 Å². The first-order valence-corrected chi connectivity index (χ1v) is 7.17. The van der Waals surface area contributed by atoms with Crippen LogP contribution >= 0.6 is 11.3 Å². The van der Waals surface area contributed by atoms with Gasteiger partial charge in [0.2, 0.25) is 5.78 Å². The van der Waals surface area contributed by atoms with Crippen LogP contribution in [0.4, 0.5) is 0 Å². The van der Waals surface area contributed by atoms with E-state index in [1.165, 1.54) is 31.4 Å². The van der Waals surface area contributed by atoms with E-state index in [9.17, 15) is 9.59 Å². The van der Waals surface area contributed by atoms with E-state index in [2.05, 4.69) is 5.10 Å². The summed E-state index contributed by atoms with van der Waals surface area (Å²) in [7, 11) is 1.44. The van der Waals surface area contributed by atoms with Gasteiger partial charge >= 0.3 is 5.97 Å². The number of Topliss-reactive ketones (excluding diaryl/α,β-unsaturated/α-hetero) is 1. The Hall–Kier alpha value is -2.67. The predicted octanol–water partition coefficient (Wildman–Crippen LogP) is 2.23. The number of carbonyl (C=O) groups is 2. The van der Waals surface area contributed by atoms with Crippen LogP contribution in [-0.4, -0.2) is 24.6 Å². The summed E-state index contributed by atoms with van der Waals surface area (Å²) >= 11 is 1.30. The number of hydrazone groups is 1. The Balaban J connectivity index is 2.38. The number of hydrogen-bond donors (Lipinski definition) is 1. The summed E-state index contributed by atoms with van der Waals surface area (Å²) in [5.41, 5.74) is 0.587. The number of carbonyl (C=O) groups excluding carboxylic acids is 2.